The Morgan fingerprint density at radius 3 is 2.58 bits per heavy atom. The lowest BCUT2D eigenvalue weighted by Crippen LogP contribution is -2.31. The van der Waals surface area contributed by atoms with Crippen molar-refractivity contribution in [2.45, 2.75) is 19.3 Å². The molecule has 3 nitrogen and oxygen atoms in total. The smallest absolute Gasteiger partial charge is 0.0740 e. The summed E-state index contributed by atoms with van der Waals surface area (Å²) in [6.45, 7) is 3.67. The maximum atomic E-state index is 5.56. The Balaban J connectivity index is 2.28. The van der Waals surface area contributed by atoms with Crippen molar-refractivity contribution in [3.63, 3.8) is 0 Å². The number of methoxy groups -OCH3 is 1. The van der Waals surface area contributed by atoms with Crippen LogP contribution in [-0.4, -0.2) is 43.2 Å². The van der Waals surface area contributed by atoms with Crippen molar-refractivity contribution in [2.24, 2.45) is 5.73 Å². The number of nitrogens with zero attached hydrogens (tertiary/aromatic N) is 1. The van der Waals surface area contributed by atoms with Gasteiger partial charge in [-0.1, -0.05) is 42.5 Å². The summed E-state index contributed by atoms with van der Waals surface area (Å²) in [6.07, 6.45) is 3.03. The average molecular weight is 280 g/mol. The molecule has 2 N–H and O–H groups in total. The van der Waals surface area contributed by atoms with Crippen LogP contribution >= 0.6 is 12.2 Å². The minimum absolute atomic E-state index is 0.588. The summed E-state index contributed by atoms with van der Waals surface area (Å²) in [5, 5.41) is 0. The summed E-state index contributed by atoms with van der Waals surface area (Å²) in [7, 11) is 1.73. The highest BCUT2D eigenvalue weighted by atomic mass is 32.1. The standard InChI is InChI=1S/C15H24N2OS/c1-18-13-12-17(11-9-15(16)19)10-5-8-14-6-3-2-4-7-14/h2-4,6-7H,5,8-13H2,1H3,(H2,16,19). The predicted molar refractivity (Wildman–Crippen MR) is 84.5 cm³/mol. The average Bonchev–Trinajstić information content (AvgIpc) is 2.42. The third-order valence-corrected chi connectivity index (χ3v) is 3.27. The molecule has 0 aliphatic carbocycles. The molecule has 1 aromatic carbocycles. The molecule has 0 aliphatic heterocycles. The molecular weight excluding hydrogens is 256 g/mol. The lowest BCUT2D eigenvalue weighted by Gasteiger charge is -2.21. The van der Waals surface area contributed by atoms with Crippen molar-refractivity contribution < 1.29 is 4.74 Å². The minimum Gasteiger partial charge on any atom is -0.393 e. The zero-order valence-electron chi connectivity index (χ0n) is 11.7. The molecule has 0 aromatic heterocycles. The van der Waals surface area contributed by atoms with Gasteiger partial charge in [0.15, 0.2) is 0 Å². The van der Waals surface area contributed by atoms with Crippen LogP contribution in [-0.2, 0) is 11.2 Å². The SMILES string of the molecule is COCCN(CCCc1ccccc1)CCC(N)=S. The van der Waals surface area contributed by atoms with Crippen LogP contribution in [0, 0.1) is 0 Å². The monoisotopic (exact) mass is 280 g/mol. The number of hydrogen-bond acceptors (Lipinski definition) is 3. The molecule has 106 valence electrons. The number of aryl methyl sites for hydroxylation is 1. The van der Waals surface area contributed by atoms with Gasteiger partial charge in [0.2, 0.25) is 0 Å². The van der Waals surface area contributed by atoms with E-state index in [1.807, 2.05) is 0 Å². The Labute approximate surface area is 121 Å². The summed E-state index contributed by atoms with van der Waals surface area (Å²) < 4.78 is 5.14. The number of rotatable bonds is 10. The second-order valence-electron chi connectivity index (χ2n) is 4.64. The maximum Gasteiger partial charge on any atom is 0.0740 e. The molecule has 0 bridgehead atoms. The fourth-order valence-electron chi connectivity index (χ4n) is 1.98. The second-order valence-corrected chi connectivity index (χ2v) is 5.16. The van der Waals surface area contributed by atoms with E-state index < -0.39 is 0 Å². The zero-order chi connectivity index (χ0) is 13.9. The Morgan fingerprint density at radius 1 is 1.21 bits per heavy atom. The Hall–Kier alpha value is -0.970. The molecule has 0 radical (unpaired) electrons. The summed E-state index contributed by atoms with van der Waals surface area (Å²) in [4.78, 5) is 2.96. The maximum absolute atomic E-state index is 5.56. The van der Waals surface area contributed by atoms with Crippen molar-refractivity contribution in [2.75, 3.05) is 33.4 Å². The third-order valence-electron chi connectivity index (χ3n) is 3.07. The number of nitrogens with two attached hydrogens (primary N) is 1. The van der Waals surface area contributed by atoms with Gasteiger partial charge < -0.3 is 15.4 Å². The summed E-state index contributed by atoms with van der Waals surface area (Å²) in [6, 6.07) is 10.6. The van der Waals surface area contributed by atoms with E-state index in [2.05, 4.69) is 35.2 Å². The van der Waals surface area contributed by atoms with E-state index >= 15 is 0 Å². The Bertz CT molecular complexity index is 356. The van der Waals surface area contributed by atoms with Gasteiger partial charge in [-0.15, -0.1) is 0 Å². The summed E-state index contributed by atoms with van der Waals surface area (Å²) >= 11 is 4.94. The van der Waals surface area contributed by atoms with Crippen LogP contribution < -0.4 is 5.73 Å². The van der Waals surface area contributed by atoms with Crippen molar-refractivity contribution in [3.05, 3.63) is 35.9 Å². The number of hydrogen-bond donors (Lipinski definition) is 1. The van der Waals surface area contributed by atoms with Gasteiger partial charge in [0.1, 0.15) is 0 Å². The zero-order valence-corrected chi connectivity index (χ0v) is 12.5. The van der Waals surface area contributed by atoms with Gasteiger partial charge in [0, 0.05) is 26.6 Å². The fourth-order valence-corrected chi connectivity index (χ4v) is 2.07. The first-order valence-electron chi connectivity index (χ1n) is 6.76. The van der Waals surface area contributed by atoms with Gasteiger partial charge in [-0.3, -0.25) is 0 Å². The molecule has 0 unspecified atom stereocenters. The molecule has 19 heavy (non-hydrogen) atoms. The van der Waals surface area contributed by atoms with E-state index in [1.165, 1.54) is 5.56 Å². The van der Waals surface area contributed by atoms with Crippen LogP contribution in [0.5, 0.6) is 0 Å². The van der Waals surface area contributed by atoms with Crippen LogP contribution in [0.3, 0.4) is 0 Å². The predicted octanol–water partition coefficient (Wildman–Crippen LogP) is 2.24. The van der Waals surface area contributed by atoms with Crippen LogP contribution in [0.1, 0.15) is 18.4 Å². The molecule has 0 spiro atoms. The fraction of sp³-hybridized carbons (Fsp3) is 0.533. The van der Waals surface area contributed by atoms with Crippen LogP contribution in [0.15, 0.2) is 30.3 Å². The van der Waals surface area contributed by atoms with Crippen LogP contribution in [0.25, 0.3) is 0 Å². The molecule has 1 rings (SSSR count). The normalized spacial score (nSPS) is 10.8. The summed E-state index contributed by atoms with van der Waals surface area (Å²) in [5.41, 5.74) is 6.95. The van der Waals surface area contributed by atoms with E-state index in [0.29, 0.717) is 4.99 Å². The van der Waals surface area contributed by atoms with E-state index in [1.54, 1.807) is 7.11 Å². The number of thiocarbonyl (C=S) groups is 1. The molecule has 4 heteroatoms. The van der Waals surface area contributed by atoms with E-state index in [0.717, 1.165) is 45.5 Å². The Morgan fingerprint density at radius 2 is 1.95 bits per heavy atom. The van der Waals surface area contributed by atoms with Crippen LogP contribution in [0.2, 0.25) is 0 Å². The molecule has 0 fully saturated rings. The highest BCUT2D eigenvalue weighted by molar-refractivity contribution is 7.80. The van der Waals surface area contributed by atoms with Crippen LogP contribution in [0.4, 0.5) is 0 Å². The van der Waals surface area contributed by atoms with Gasteiger partial charge in [-0.25, -0.2) is 0 Å². The largest absolute Gasteiger partial charge is 0.393 e. The summed E-state index contributed by atoms with van der Waals surface area (Å²) in [5.74, 6) is 0. The van der Waals surface area contributed by atoms with E-state index in [9.17, 15) is 0 Å². The van der Waals surface area contributed by atoms with Gasteiger partial charge in [0.25, 0.3) is 0 Å². The van der Waals surface area contributed by atoms with E-state index in [-0.39, 0.29) is 0 Å². The highest BCUT2D eigenvalue weighted by Crippen LogP contribution is 2.04. The van der Waals surface area contributed by atoms with Crippen molar-refractivity contribution in [3.8, 4) is 0 Å². The molecule has 0 saturated heterocycles. The number of ether oxygens (including phenoxy) is 1. The first-order valence-corrected chi connectivity index (χ1v) is 7.16. The molecule has 0 aliphatic rings. The molecule has 0 amide bonds. The van der Waals surface area contributed by atoms with Crippen molar-refractivity contribution in [1.29, 1.82) is 0 Å². The third kappa shape index (κ3) is 7.93. The molecule has 1 aromatic rings. The molecule has 0 heterocycles. The van der Waals surface area contributed by atoms with Gasteiger partial charge in [-0.05, 0) is 24.9 Å². The topological polar surface area (TPSA) is 38.5 Å². The second kappa shape index (κ2) is 9.89. The quantitative estimate of drug-likeness (QED) is 0.667. The highest BCUT2D eigenvalue weighted by Gasteiger charge is 2.05. The van der Waals surface area contributed by atoms with Gasteiger partial charge in [-0.2, -0.15) is 0 Å². The first-order chi connectivity index (χ1) is 9.22. The van der Waals surface area contributed by atoms with Crippen molar-refractivity contribution in [1.82, 2.24) is 4.90 Å². The van der Waals surface area contributed by atoms with Gasteiger partial charge >= 0.3 is 0 Å². The number of benzene rings is 1. The lowest BCUT2D eigenvalue weighted by atomic mass is 10.1. The minimum atomic E-state index is 0.588. The van der Waals surface area contributed by atoms with E-state index in [4.69, 9.17) is 22.7 Å². The van der Waals surface area contributed by atoms with Gasteiger partial charge in [0.05, 0.1) is 11.6 Å². The Kier molecular flexibility index (Phi) is 8.38. The molecular formula is C15H24N2OS. The molecule has 0 saturated carbocycles. The lowest BCUT2D eigenvalue weighted by molar-refractivity contribution is 0.148. The van der Waals surface area contributed by atoms with Crippen molar-refractivity contribution >= 4 is 17.2 Å². The first kappa shape index (κ1) is 16.1. The molecule has 0 atom stereocenters.